The Kier molecular flexibility index (Phi) is 6.77. The zero-order valence-electron chi connectivity index (χ0n) is 17.3. The van der Waals surface area contributed by atoms with Gasteiger partial charge >= 0.3 is 0 Å². The Hall–Kier alpha value is -2.70. The van der Waals surface area contributed by atoms with Crippen molar-refractivity contribution in [3.8, 4) is 0 Å². The number of nitrogens with one attached hydrogen (secondary N) is 1. The molecule has 30 heavy (non-hydrogen) atoms. The van der Waals surface area contributed by atoms with Crippen LogP contribution in [-0.4, -0.2) is 61.0 Å². The molecule has 2 aromatic carbocycles. The van der Waals surface area contributed by atoms with Crippen molar-refractivity contribution in [1.82, 2.24) is 15.1 Å². The van der Waals surface area contributed by atoms with Gasteiger partial charge in [-0.1, -0.05) is 42.5 Å². The van der Waals surface area contributed by atoms with Gasteiger partial charge in [0.05, 0.1) is 19.3 Å². The number of nitrogens with zero attached hydrogens (tertiary/aromatic N) is 2. The first-order valence-corrected chi connectivity index (χ1v) is 10.7. The van der Waals surface area contributed by atoms with Crippen LogP contribution in [0.5, 0.6) is 0 Å². The van der Waals surface area contributed by atoms with Crippen LogP contribution in [0.3, 0.4) is 0 Å². The number of carbonyl (C=O) groups is 2. The largest absolute Gasteiger partial charge is 0.379 e. The Bertz CT molecular complexity index is 865. The zero-order valence-corrected chi connectivity index (χ0v) is 17.3. The maximum Gasteiger partial charge on any atom is 0.251 e. The maximum atomic E-state index is 13.1. The van der Waals surface area contributed by atoms with E-state index in [1.54, 1.807) is 0 Å². The Labute approximate surface area is 177 Å². The molecule has 1 N–H and O–H groups in total. The van der Waals surface area contributed by atoms with Crippen LogP contribution in [-0.2, 0) is 16.1 Å². The number of benzene rings is 2. The van der Waals surface area contributed by atoms with Gasteiger partial charge < -0.3 is 15.0 Å². The minimum Gasteiger partial charge on any atom is -0.379 e. The van der Waals surface area contributed by atoms with Crippen molar-refractivity contribution in [2.45, 2.75) is 25.4 Å². The highest BCUT2D eigenvalue weighted by molar-refractivity contribution is 5.94. The van der Waals surface area contributed by atoms with E-state index in [2.05, 4.69) is 16.3 Å². The van der Waals surface area contributed by atoms with E-state index >= 15 is 0 Å². The van der Waals surface area contributed by atoms with Crippen LogP contribution in [0.25, 0.3) is 0 Å². The lowest BCUT2D eigenvalue weighted by Gasteiger charge is -2.27. The summed E-state index contributed by atoms with van der Waals surface area (Å²) in [6.45, 7) is 5.42. The quantitative estimate of drug-likeness (QED) is 0.767. The summed E-state index contributed by atoms with van der Waals surface area (Å²) in [4.78, 5) is 29.4. The summed E-state index contributed by atoms with van der Waals surface area (Å²) < 4.78 is 5.41. The van der Waals surface area contributed by atoms with E-state index in [9.17, 15) is 9.59 Å². The van der Waals surface area contributed by atoms with Gasteiger partial charge in [0.1, 0.15) is 0 Å². The van der Waals surface area contributed by atoms with Gasteiger partial charge in [-0.15, -0.1) is 0 Å². The summed E-state index contributed by atoms with van der Waals surface area (Å²) in [6.07, 6.45) is 1.48. The van der Waals surface area contributed by atoms with Crippen molar-refractivity contribution in [1.29, 1.82) is 0 Å². The molecule has 6 heteroatoms. The minimum absolute atomic E-state index is 0.112. The number of ether oxygens (including phenoxy) is 1. The molecule has 2 aliphatic rings. The second-order valence-electron chi connectivity index (χ2n) is 7.97. The SMILES string of the molecule is O=C(NC(CN1CCCC1=O)c1ccccc1)c1cccc(CN2CCOCC2)c1. The van der Waals surface area contributed by atoms with E-state index in [1.165, 1.54) is 0 Å². The van der Waals surface area contributed by atoms with Gasteiger partial charge in [-0.05, 0) is 29.7 Å². The number of rotatable bonds is 7. The number of likely N-dealkylation sites (tertiary alicyclic amines) is 1. The van der Waals surface area contributed by atoms with Crippen molar-refractivity contribution in [3.63, 3.8) is 0 Å². The summed E-state index contributed by atoms with van der Waals surface area (Å²) >= 11 is 0. The monoisotopic (exact) mass is 407 g/mol. The van der Waals surface area contributed by atoms with Crippen LogP contribution >= 0.6 is 0 Å². The normalized spacial score (nSPS) is 18.4. The van der Waals surface area contributed by atoms with E-state index in [0.717, 1.165) is 56.9 Å². The molecule has 2 saturated heterocycles. The second-order valence-corrected chi connectivity index (χ2v) is 7.97. The fourth-order valence-corrected chi connectivity index (χ4v) is 4.11. The summed E-state index contributed by atoms with van der Waals surface area (Å²) in [6, 6.07) is 17.5. The predicted molar refractivity (Wildman–Crippen MR) is 115 cm³/mol. The molecule has 0 aliphatic carbocycles. The highest BCUT2D eigenvalue weighted by Crippen LogP contribution is 2.19. The van der Waals surface area contributed by atoms with Gasteiger partial charge in [-0.3, -0.25) is 14.5 Å². The summed E-state index contributed by atoms with van der Waals surface area (Å²) in [5.74, 6) is 0.0528. The molecule has 2 aliphatic heterocycles. The molecule has 0 spiro atoms. The standard InChI is InChI=1S/C24H29N3O3/c28-23-10-5-11-27(23)18-22(20-7-2-1-3-8-20)25-24(29)21-9-4-6-19(16-21)17-26-12-14-30-15-13-26/h1-4,6-9,16,22H,5,10-15,17-18H2,(H,25,29). The van der Waals surface area contributed by atoms with Crippen LogP contribution in [0.1, 0.15) is 40.4 Å². The Balaban J connectivity index is 1.46. The number of hydrogen-bond acceptors (Lipinski definition) is 4. The van der Waals surface area contributed by atoms with E-state index < -0.39 is 0 Å². The van der Waals surface area contributed by atoms with E-state index in [-0.39, 0.29) is 17.9 Å². The third kappa shape index (κ3) is 5.26. The zero-order chi connectivity index (χ0) is 20.8. The van der Waals surface area contributed by atoms with E-state index in [4.69, 9.17) is 4.74 Å². The lowest BCUT2D eigenvalue weighted by atomic mass is 10.0. The Morgan fingerprint density at radius 3 is 2.57 bits per heavy atom. The average Bonchev–Trinajstić information content (AvgIpc) is 3.19. The third-order valence-corrected chi connectivity index (χ3v) is 5.78. The summed E-state index contributed by atoms with van der Waals surface area (Å²) in [5.41, 5.74) is 2.78. The predicted octanol–water partition coefficient (Wildman–Crippen LogP) is 2.61. The topological polar surface area (TPSA) is 61.9 Å². The first-order chi connectivity index (χ1) is 14.7. The molecule has 0 radical (unpaired) electrons. The van der Waals surface area contributed by atoms with Crippen LogP contribution in [0.4, 0.5) is 0 Å². The molecule has 0 bridgehead atoms. The van der Waals surface area contributed by atoms with Gasteiger partial charge in [0.15, 0.2) is 0 Å². The highest BCUT2D eigenvalue weighted by Gasteiger charge is 2.25. The molecule has 2 heterocycles. The summed E-state index contributed by atoms with van der Waals surface area (Å²) in [7, 11) is 0. The third-order valence-electron chi connectivity index (χ3n) is 5.78. The number of amides is 2. The molecule has 0 aromatic heterocycles. The molecule has 6 nitrogen and oxygen atoms in total. The van der Waals surface area contributed by atoms with Crippen molar-refractivity contribution in [2.24, 2.45) is 0 Å². The van der Waals surface area contributed by atoms with Crippen molar-refractivity contribution in [2.75, 3.05) is 39.4 Å². The summed E-state index contributed by atoms with van der Waals surface area (Å²) in [5, 5.41) is 3.16. The Morgan fingerprint density at radius 1 is 1.03 bits per heavy atom. The molecule has 4 rings (SSSR count). The minimum atomic E-state index is -0.233. The van der Waals surface area contributed by atoms with Gasteiger partial charge in [-0.2, -0.15) is 0 Å². The highest BCUT2D eigenvalue weighted by atomic mass is 16.5. The van der Waals surface area contributed by atoms with Crippen LogP contribution in [0.2, 0.25) is 0 Å². The average molecular weight is 408 g/mol. The fraction of sp³-hybridized carbons (Fsp3) is 0.417. The fourth-order valence-electron chi connectivity index (χ4n) is 4.11. The molecule has 0 saturated carbocycles. The van der Waals surface area contributed by atoms with Crippen molar-refractivity contribution in [3.05, 3.63) is 71.3 Å². The van der Waals surface area contributed by atoms with Gasteiger partial charge in [0, 0.05) is 44.7 Å². The molecular weight excluding hydrogens is 378 g/mol. The molecule has 158 valence electrons. The van der Waals surface area contributed by atoms with Crippen molar-refractivity contribution >= 4 is 11.8 Å². The van der Waals surface area contributed by atoms with Crippen LogP contribution < -0.4 is 5.32 Å². The molecular formula is C24H29N3O3. The maximum absolute atomic E-state index is 13.1. The van der Waals surface area contributed by atoms with Crippen molar-refractivity contribution < 1.29 is 14.3 Å². The number of morpholine rings is 1. The lowest BCUT2D eigenvalue weighted by molar-refractivity contribution is -0.128. The van der Waals surface area contributed by atoms with Crippen LogP contribution in [0.15, 0.2) is 54.6 Å². The second kappa shape index (κ2) is 9.87. The smallest absolute Gasteiger partial charge is 0.251 e. The lowest BCUT2D eigenvalue weighted by Crippen LogP contribution is -2.38. The van der Waals surface area contributed by atoms with Gasteiger partial charge in [-0.25, -0.2) is 0 Å². The van der Waals surface area contributed by atoms with E-state index in [0.29, 0.717) is 18.5 Å². The molecule has 2 aromatic rings. The number of hydrogen-bond donors (Lipinski definition) is 1. The van der Waals surface area contributed by atoms with Gasteiger partial charge in [0.2, 0.25) is 5.91 Å². The molecule has 1 atom stereocenters. The Morgan fingerprint density at radius 2 is 1.83 bits per heavy atom. The first-order valence-electron chi connectivity index (χ1n) is 10.7. The first kappa shape index (κ1) is 20.6. The molecule has 2 fully saturated rings. The van der Waals surface area contributed by atoms with Gasteiger partial charge in [0.25, 0.3) is 5.91 Å². The van der Waals surface area contributed by atoms with E-state index in [1.807, 2.05) is 53.4 Å². The number of carbonyl (C=O) groups excluding carboxylic acids is 2. The van der Waals surface area contributed by atoms with Crippen LogP contribution in [0, 0.1) is 0 Å². The molecule has 1 unspecified atom stereocenters. The molecule has 2 amide bonds.